The van der Waals surface area contributed by atoms with E-state index >= 15 is 0 Å². The predicted molar refractivity (Wildman–Crippen MR) is 70.8 cm³/mol. The Morgan fingerprint density at radius 1 is 1.44 bits per heavy atom. The van der Waals surface area contributed by atoms with Gasteiger partial charge in [0.15, 0.2) is 0 Å². The molecule has 0 spiro atoms. The number of thiazole rings is 1. The van der Waals surface area contributed by atoms with E-state index in [1.54, 1.807) is 17.5 Å². The van der Waals surface area contributed by atoms with Crippen molar-refractivity contribution in [1.29, 1.82) is 0 Å². The largest absolute Gasteiger partial charge is 0.360 e. The molecule has 3 nitrogen and oxygen atoms in total. The average Bonchev–Trinajstić information content (AvgIpc) is 2.68. The summed E-state index contributed by atoms with van der Waals surface area (Å²) in [4.78, 5) is 9.85. The Labute approximate surface area is 107 Å². The maximum atomic E-state index is 4.35. The molecule has 0 aromatic carbocycles. The normalized spacial score (nSPS) is 12.4. The Balaban J connectivity index is 2.13. The minimum Gasteiger partial charge on any atom is -0.360 e. The van der Waals surface area contributed by atoms with Crippen LogP contribution >= 0.6 is 27.3 Å². The van der Waals surface area contributed by atoms with Crippen molar-refractivity contribution in [1.82, 2.24) is 9.97 Å². The number of halogens is 1. The number of aromatic nitrogens is 2. The van der Waals surface area contributed by atoms with E-state index < -0.39 is 0 Å². The zero-order valence-electron chi connectivity index (χ0n) is 9.07. The number of hydrogen-bond acceptors (Lipinski definition) is 4. The molecule has 84 valence electrons. The van der Waals surface area contributed by atoms with Gasteiger partial charge < -0.3 is 5.32 Å². The van der Waals surface area contributed by atoms with E-state index in [2.05, 4.69) is 45.1 Å². The van der Waals surface area contributed by atoms with Gasteiger partial charge in [0.05, 0.1) is 10.5 Å². The molecule has 0 bridgehead atoms. The lowest BCUT2D eigenvalue weighted by Crippen LogP contribution is -2.07. The Morgan fingerprint density at radius 3 is 2.88 bits per heavy atom. The van der Waals surface area contributed by atoms with E-state index in [0.717, 1.165) is 15.3 Å². The van der Waals surface area contributed by atoms with E-state index in [1.807, 2.05) is 18.3 Å². The first-order valence-corrected chi connectivity index (χ1v) is 6.57. The summed E-state index contributed by atoms with van der Waals surface area (Å²) < 4.78 is 0.968. The van der Waals surface area contributed by atoms with Gasteiger partial charge in [-0.05, 0) is 41.9 Å². The first kappa shape index (κ1) is 11.5. The quantitative estimate of drug-likeness (QED) is 0.937. The summed E-state index contributed by atoms with van der Waals surface area (Å²) in [5.41, 5.74) is 0. The number of nitrogens with zero attached hydrogens (tertiary/aromatic N) is 2. The van der Waals surface area contributed by atoms with Crippen LogP contribution in [-0.4, -0.2) is 9.97 Å². The number of aryl methyl sites for hydroxylation is 1. The van der Waals surface area contributed by atoms with Crippen LogP contribution in [0.2, 0.25) is 0 Å². The molecule has 0 aliphatic rings. The van der Waals surface area contributed by atoms with E-state index in [1.165, 1.54) is 4.88 Å². The minimum atomic E-state index is 0.171. The fourth-order valence-corrected chi connectivity index (χ4v) is 2.48. The summed E-state index contributed by atoms with van der Waals surface area (Å²) in [6.45, 7) is 4.14. The van der Waals surface area contributed by atoms with Crippen molar-refractivity contribution in [2.75, 3.05) is 5.32 Å². The van der Waals surface area contributed by atoms with E-state index in [9.17, 15) is 0 Å². The first-order chi connectivity index (χ1) is 7.66. The van der Waals surface area contributed by atoms with Crippen LogP contribution < -0.4 is 5.32 Å². The predicted octanol–water partition coefficient (Wildman–Crippen LogP) is 3.78. The Bertz CT molecular complexity index is 484. The average molecular weight is 298 g/mol. The molecule has 0 aliphatic carbocycles. The summed E-state index contributed by atoms with van der Waals surface area (Å²) in [5, 5.41) is 4.41. The second-order valence-electron chi connectivity index (χ2n) is 3.51. The van der Waals surface area contributed by atoms with Crippen molar-refractivity contribution >= 4 is 33.1 Å². The van der Waals surface area contributed by atoms with Gasteiger partial charge >= 0.3 is 0 Å². The highest BCUT2D eigenvalue weighted by Gasteiger charge is 2.11. The lowest BCUT2D eigenvalue weighted by atomic mass is 10.3. The molecule has 2 aromatic heterocycles. The number of nitrogens with one attached hydrogen (secondary N) is 1. The third-order valence-electron chi connectivity index (χ3n) is 2.12. The standard InChI is InChI=1S/C11H12BrN3S/c1-7-6-14-11(16-7)8(2)15-10-9(12)4-3-5-13-10/h3-6,8H,1-2H3,(H,13,15). The number of rotatable bonds is 3. The van der Waals surface area contributed by atoms with E-state index in [-0.39, 0.29) is 6.04 Å². The van der Waals surface area contributed by atoms with Crippen LogP contribution in [-0.2, 0) is 0 Å². The fourth-order valence-electron chi connectivity index (χ4n) is 1.33. The molecule has 5 heteroatoms. The molecule has 2 rings (SSSR count). The molecule has 0 radical (unpaired) electrons. The van der Waals surface area contributed by atoms with Gasteiger partial charge in [0.1, 0.15) is 10.8 Å². The second kappa shape index (κ2) is 4.93. The van der Waals surface area contributed by atoms with Crippen molar-refractivity contribution in [2.45, 2.75) is 19.9 Å². The molecule has 0 saturated carbocycles. The smallest absolute Gasteiger partial charge is 0.140 e. The van der Waals surface area contributed by atoms with Gasteiger partial charge in [0, 0.05) is 17.3 Å². The zero-order valence-corrected chi connectivity index (χ0v) is 11.5. The van der Waals surface area contributed by atoms with Gasteiger partial charge in [-0.2, -0.15) is 0 Å². The van der Waals surface area contributed by atoms with Crippen molar-refractivity contribution < 1.29 is 0 Å². The molecule has 0 amide bonds. The molecule has 1 N–H and O–H groups in total. The second-order valence-corrected chi connectivity index (χ2v) is 5.63. The highest BCUT2D eigenvalue weighted by atomic mass is 79.9. The Hall–Kier alpha value is -0.940. The molecule has 1 atom stereocenters. The van der Waals surface area contributed by atoms with Crippen molar-refractivity contribution in [2.24, 2.45) is 0 Å². The van der Waals surface area contributed by atoms with Crippen LogP contribution in [0.1, 0.15) is 22.9 Å². The summed E-state index contributed by atoms with van der Waals surface area (Å²) >= 11 is 5.16. The molecule has 16 heavy (non-hydrogen) atoms. The van der Waals surface area contributed by atoms with Gasteiger partial charge in [0.2, 0.25) is 0 Å². The van der Waals surface area contributed by atoms with Crippen LogP contribution in [0.15, 0.2) is 29.0 Å². The minimum absolute atomic E-state index is 0.171. The van der Waals surface area contributed by atoms with Crippen LogP contribution in [0.5, 0.6) is 0 Å². The number of anilines is 1. The maximum absolute atomic E-state index is 4.35. The summed E-state index contributed by atoms with van der Waals surface area (Å²) in [6, 6.07) is 4.03. The lowest BCUT2D eigenvalue weighted by Gasteiger charge is -2.12. The SMILES string of the molecule is Cc1cnc(C(C)Nc2ncccc2Br)s1. The molecular weight excluding hydrogens is 286 g/mol. The monoisotopic (exact) mass is 297 g/mol. The first-order valence-electron chi connectivity index (χ1n) is 4.96. The third-order valence-corrected chi connectivity index (χ3v) is 3.86. The fraction of sp³-hybridized carbons (Fsp3) is 0.273. The molecule has 0 aliphatic heterocycles. The van der Waals surface area contributed by atoms with Gasteiger partial charge in [0.25, 0.3) is 0 Å². The number of pyridine rings is 1. The van der Waals surface area contributed by atoms with Gasteiger partial charge in [-0.3, -0.25) is 0 Å². The molecule has 2 aromatic rings. The summed E-state index contributed by atoms with van der Waals surface area (Å²) in [5.74, 6) is 0.850. The van der Waals surface area contributed by atoms with Crippen molar-refractivity contribution in [3.05, 3.63) is 38.9 Å². The van der Waals surface area contributed by atoms with Crippen molar-refractivity contribution in [3.63, 3.8) is 0 Å². The van der Waals surface area contributed by atoms with Crippen LogP contribution in [0.25, 0.3) is 0 Å². The van der Waals surface area contributed by atoms with E-state index in [4.69, 9.17) is 0 Å². The topological polar surface area (TPSA) is 37.8 Å². The third kappa shape index (κ3) is 2.59. The van der Waals surface area contributed by atoms with Crippen LogP contribution in [0.4, 0.5) is 5.82 Å². The van der Waals surface area contributed by atoms with Crippen LogP contribution in [0, 0.1) is 6.92 Å². The molecule has 2 heterocycles. The molecule has 0 fully saturated rings. The van der Waals surface area contributed by atoms with Gasteiger partial charge in [-0.25, -0.2) is 9.97 Å². The lowest BCUT2D eigenvalue weighted by molar-refractivity contribution is 0.859. The zero-order chi connectivity index (χ0) is 11.5. The van der Waals surface area contributed by atoms with Crippen LogP contribution in [0.3, 0.4) is 0 Å². The van der Waals surface area contributed by atoms with Gasteiger partial charge in [-0.1, -0.05) is 0 Å². The highest BCUT2D eigenvalue weighted by molar-refractivity contribution is 9.10. The maximum Gasteiger partial charge on any atom is 0.140 e. The molecular formula is C11H12BrN3S. The van der Waals surface area contributed by atoms with Crippen molar-refractivity contribution in [3.8, 4) is 0 Å². The molecule has 0 saturated heterocycles. The molecule has 1 unspecified atom stereocenters. The van der Waals surface area contributed by atoms with Gasteiger partial charge in [-0.15, -0.1) is 11.3 Å². The summed E-state index contributed by atoms with van der Waals surface area (Å²) in [7, 11) is 0. The van der Waals surface area contributed by atoms with E-state index in [0.29, 0.717) is 0 Å². The highest BCUT2D eigenvalue weighted by Crippen LogP contribution is 2.26. The number of hydrogen-bond donors (Lipinski definition) is 1. The Kier molecular flexibility index (Phi) is 3.56. The Morgan fingerprint density at radius 2 is 2.25 bits per heavy atom. The summed E-state index contributed by atoms with van der Waals surface area (Å²) in [6.07, 6.45) is 3.67.